The molecule has 4 nitrogen and oxygen atoms in total. The lowest BCUT2D eigenvalue weighted by molar-refractivity contribution is 1.05. The number of aromatic nitrogens is 2. The van der Waals surface area contributed by atoms with Gasteiger partial charge >= 0.3 is 0 Å². The minimum Gasteiger partial charge on any atom is -0.359 e. The van der Waals surface area contributed by atoms with E-state index in [0.717, 1.165) is 5.69 Å². The van der Waals surface area contributed by atoms with Crippen LogP contribution in [-0.2, 0) is 6.42 Å². The highest BCUT2D eigenvalue weighted by molar-refractivity contribution is 5.41. The molecule has 1 N–H and O–H groups in total. The monoisotopic (exact) mass is 146 g/mol. The fourth-order valence-corrected chi connectivity index (χ4v) is 0.779. The molecule has 0 aliphatic rings. The molecule has 0 unspecified atom stereocenters. The van der Waals surface area contributed by atoms with Gasteiger partial charge in [-0.3, -0.25) is 0 Å². The van der Waals surface area contributed by atoms with Crippen LogP contribution in [-0.4, -0.2) is 9.97 Å². The highest BCUT2D eigenvalue weighted by atomic mass is 15.0. The summed E-state index contributed by atoms with van der Waals surface area (Å²) in [5.74, 6) is 0.922. The van der Waals surface area contributed by atoms with Gasteiger partial charge in [0.1, 0.15) is 6.42 Å². The number of hydrogen-bond donors (Lipinski definition) is 1. The predicted octanol–water partition coefficient (Wildman–Crippen LogP) is 1.33. The van der Waals surface area contributed by atoms with Crippen LogP contribution in [0.5, 0.6) is 0 Å². The molecular formula is C7H6N4. The van der Waals surface area contributed by atoms with Gasteiger partial charge in [-0.1, -0.05) is 6.57 Å². The van der Waals surface area contributed by atoms with Crippen molar-refractivity contribution in [1.82, 2.24) is 9.97 Å². The first-order chi connectivity index (χ1) is 5.27. The van der Waals surface area contributed by atoms with Crippen molar-refractivity contribution in [2.75, 3.05) is 0 Å². The first-order valence-electron chi connectivity index (χ1n) is 3.08. The smallest absolute Gasteiger partial charge is 0.290 e. The van der Waals surface area contributed by atoms with E-state index in [-0.39, 0.29) is 6.42 Å². The van der Waals surface area contributed by atoms with Gasteiger partial charge in [0.15, 0.2) is 0 Å². The molecule has 1 aromatic heterocycles. The van der Waals surface area contributed by atoms with E-state index in [1.165, 1.54) is 0 Å². The van der Waals surface area contributed by atoms with Gasteiger partial charge in [0.25, 0.3) is 5.82 Å². The number of nitriles is 1. The molecule has 0 atom stereocenters. The molecule has 0 bridgehead atoms. The van der Waals surface area contributed by atoms with Gasteiger partial charge in [0, 0.05) is 5.69 Å². The Bertz CT molecular complexity index is 336. The van der Waals surface area contributed by atoms with E-state index >= 15 is 0 Å². The van der Waals surface area contributed by atoms with Crippen molar-refractivity contribution in [1.29, 1.82) is 5.26 Å². The lowest BCUT2D eigenvalue weighted by atomic mass is 10.5. The first kappa shape index (κ1) is 7.30. The third-order valence-corrected chi connectivity index (χ3v) is 1.26. The van der Waals surface area contributed by atoms with Crippen molar-refractivity contribution >= 4 is 5.82 Å². The number of hydrogen-bond acceptors (Lipinski definition) is 2. The van der Waals surface area contributed by atoms with Gasteiger partial charge in [-0.2, -0.15) is 5.26 Å². The van der Waals surface area contributed by atoms with Gasteiger partial charge in [0.2, 0.25) is 5.82 Å². The lowest BCUT2D eigenvalue weighted by Crippen LogP contribution is -1.82. The summed E-state index contributed by atoms with van der Waals surface area (Å²) in [7, 11) is 0. The van der Waals surface area contributed by atoms with Crippen LogP contribution < -0.4 is 0 Å². The summed E-state index contributed by atoms with van der Waals surface area (Å²) >= 11 is 0. The average molecular weight is 146 g/mol. The normalized spacial score (nSPS) is 8.64. The van der Waals surface area contributed by atoms with E-state index in [4.69, 9.17) is 11.8 Å². The number of imidazole rings is 1. The topological polar surface area (TPSA) is 56.8 Å². The van der Waals surface area contributed by atoms with Crippen LogP contribution in [0.15, 0.2) is 0 Å². The molecule has 0 radical (unpaired) electrons. The summed E-state index contributed by atoms with van der Waals surface area (Å²) < 4.78 is 0. The molecule has 0 amide bonds. The molecule has 0 aliphatic heterocycles. The maximum absolute atomic E-state index is 8.31. The van der Waals surface area contributed by atoms with Crippen LogP contribution in [0, 0.1) is 24.8 Å². The lowest BCUT2D eigenvalue weighted by Gasteiger charge is -1.79. The average Bonchev–Trinajstić information content (AvgIpc) is 2.32. The highest BCUT2D eigenvalue weighted by Gasteiger charge is 2.07. The number of rotatable bonds is 1. The highest BCUT2D eigenvalue weighted by Crippen LogP contribution is 2.13. The number of nitrogens with zero attached hydrogens (tertiary/aromatic N) is 3. The summed E-state index contributed by atoms with van der Waals surface area (Å²) in [6.07, 6.45) is 0.232. The van der Waals surface area contributed by atoms with Crippen LogP contribution in [0.3, 0.4) is 0 Å². The standard InChI is InChI=1S/C7H6N4/c1-5-7(9-2)11-6(10-5)3-4-8/h3H2,1H3,(H,10,11). The summed E-state index contributed by atoms with van der Waals surface area (Å²) in [4.78, 5) is 9.91. The first-order valence-corrected chi connectivity index (χ1v) is 3.08. The Hall–Kier alpha value is -1.81. The minimum atomic E-state index is 0.232. The van der Waals surface area contributed by atoms with Gasteiger partial charge in [0.05, 0.1) is 6.07 Å². The molecule has 1 aromatic rings. The Balaban J connectivity index is 3.00. The third kappa shape index (κ3) is 1.36. The molecule has 0 fully saturated rings. The molecule has 1 heterocycles. The van der Waals surface area contributed by atoms with Crippen LogP contribution in [0.2, 0.25) is 0 Å². The van der Waals surface area contributed by atoms with E-state index in [1.807, 2.05) is 6.07 Å². The predicted molar refractivity (Wildman–Crippen MR) is 38.9 cm³/mol. The van der Waals surface area contributed by atoms with Gasteiger partial charge in [-0.25, -0.2) is 0 Å². The van der Waals surface area contributed by atoms with Crippen LogP contribution >= 0.6 is 0 Å². The second-order valence-corrected chi connectivity index (χ2v) is 2.08. The molecular weight excluding hydrogens is 140 g/mol. The molecule has 0 saturated heterocycles. The molecule has 1 rings (SSSR count). The van der Waals surface area contributed by atoms with Gasteiger partial charge in [-0.15, -0.1) is 4.98 Å². The van der Waals surface area contributed by atoms with Crippen molar-refractivity contribution in [3.8, 4) is 6.07 Å². The van der Waals surface area contributed by atoms with E-state index in [1.54, 1.807) is 6.92 Å². The second-order valence-electron chi connectivity index (χ2n) is 2.08. The summed E-state index contributed by atoms with van der Waals surface area (Å²) in [6, 6.07) is 1.95. The zero-order valence-corrected chi connectivity index (χ0v) is 6.05. The Morgan fingerprint density at radius 2 is 2.55 bits per heavy atom. The maximum Gasteiger partial charge on any atom is 0.290 e. The van der Waals surface area contributed by atoms with Crippen molar-refractivity contribution < 1.29 is 0 Å². The van der Waals surface area contributed by atoms with E-state index in [0.29, 0.717) is 11.6 Å². The Morgan fingerprint density at radius 1 is 1.82 bits per heavy atom. The van der Waals surface area contributed by atoms with Crippen LogP contribution in [0.4, 0.5) is 5.82 Å². The Labute approximate surface area is 64.3 Å². The minimum absolute atomic E-state index is 0.232. The van der Waals surface area contributed by atoms with Crippen LogP contribution in [0.1, 0.15) is 11.5 Å². The summed E-state index contributed by atoms with van der Waals surface area (Å²) in [6.45, 7) is 8.45. The van der Waals surface area contributed by atoms with Crippen molar-refractivity contribution in [3.05, 3.63) is 22.9 Å². The summed E-state index contributed by atoms with van der Waals surface area (Å²) in [5, 5.41) is 8.31. The number of aryl methyl sites for hydroxylation is 1. The SMILES string of the molecule is [C-]#[N+]c1nc(CC#N)[nH]c1C. The quantitative estimate of drug-likeness (QED) is 0.607. The van der Waals surface area contributed by atoms with Crippen molar-refractivity contribution in [3.63, 3.8) is 0 Å². The molecule has 11 heavy (non-hydrogen) atoms. The Morgan fingerprint density at radius 3 is 3.00 bits per heavy atom. The van der Waals surface area contributed by atoms with E-state index in [9.17, 15) is 0 Å². The number of nitrogens with one attached hydrogen (secondary N) is 1. The second kappa shape index (κ2) is 2.85. The van der Waals surface area contributed by atoms with E-state index < -0.39 is 0 Å². The maximum atomic E-state index is 8.31. The zero-order valence-electron chi connectivity index (χ0n) is 6.05. The van der Waals surface area contributed by atoms with Crippen molar-refractivity contribution in [2.45, 2.75) is 13.3 Å². The largest absolute Gasteiger partial charge is 0.359 e. The molecule has 0 spiro atoms. The third-order valence-electron chi connectivity index (χ3n) is 1.26. The molecule has 54 valence electrons. The Kier molecular flexibility index (Phi) is 1.89. The molecule has 0 aromatic carbocycles. The van der Waals surface area contributed by atoms with Crippen molar-refractivity contribution in [2.24, 2.45) is 0 Å². The van der Waals surface area contributed by atoms with E-state index in [2.05, 4.69) is 14.8 Å². The fourth-order valence-electron chi connectivity index (χ4n) is 0.779. The van der Waals surface area contributed by atoms with Gasteiger partial charge in [-0.05, 0) is 6.92 Å². The molecule has 4 heteroatoms. The zero-order chi connectivity index (χ0) is 8.27. The van der Waals surface area contributed by atoms with Crippen LogP contribution in [0.25, 0.3) is 4.85 Å². The van der Waals surface area contributed by atoms with Gasteiger partial charge < -0.3 is 9.83 Å². The summed E-state index contributed by atoms with van der Waals surface area (Å²) in [5.41, 5.74) is 0.727. The molecule has 0 aliphatic carbocycles. The number of H-pyrrole nitrogens is 1. The number of aromatic amines is 1. The molecule has 0 saturated carbocycles. The fraction of sp³-hybridized carbons (Fsp3) is 0.286.